The number of methoxy groups -OCH3 is 1. The molecule has 1 atom stereocenters. The second-order valence-corrected chi connectivity index (χ2v) is 8.35. The summed E-state index contributed by atoms with van der Waals surface area (Å²) in [6.07, 6.45) is 1.61. The van der Waals surface area contributed by atoms with E-state index in [9.17, 15) is 8.42 Å². The van der Waals surface area contributed by atoms with E-state index >= 15 is 0 Å². The van der Waals surface area contributed by atoms with E-state index in [1.807, 2.05) is 19.1 Å². The molecule has 0 spiro atoms. The van der Waals surface area contributed by atoms with Crippen LogP contribution in [0, 0.1) is 13.8 Å². The van der Waals surface area contributed by atoms with Gasteiger partial charge in [-0.2, -0.15) is 0 Å². The quantitative estimate of drug-likeness (QED) is 0.776. The smallest absolute Gasteiger partial charge is 0.240 e. The molecule has 0 saturated carbocycles. The van der Waals surface area contributed by atoms with Gasteiger partial charge in [-0.15, -0.1) is 0 Å². The third kappa shape index (κ3) is 4.52. The van der Waals surface area contributed by atoms with Crippen molar-refractivity contribution in [2.75, 3.05) is 40.0 Å². The van der Waals surface area contributed by atoms with Crippen molar-refractivity contribution in [1.82, 2.24) is 9.62 Å². The molecule has 1 aromatic heterocycles. The Morgan fingerprint density at radius 1 is 1.22 bits per heavy atom. The van der Waals surface area contributed by atoms with Crippen molar-refractivity contribution in [2.24, 2.45) is 0 Å². The van der Waals surface area contributed by atoms with Gasteiger partial charge < -0.3 is 13.9 Å². The molecule has 2 aromatic rings. The molecule has 0 amide bonds. The van der Waals surface area contributed by atoms with Crippen LogP contribution in [0.5, 0.6) is 5.75 Å². The maximum Gasteiger partial charge on any atom is 0.240 e. The summed E-state index contributed by atoms with van der Waals surface area (Å²) >= 11 is 0. The van der Waals surface area contributed by atoms with Crippen molar-refractivity contribution in [1.29, 1.82) is 0 Å². The van der Waals surface area contributed by atoms with Gasteiger partial charge in [-0.05, 0) is 49.2 Å². The monoisotopic (exact) mass is 394 g/mol. The lowest BCUT2D eigenvalue weighted by Gasteiger charge is -2.33. The summed E-state index contributed by atoms with van der Waals surface area (Å²) in [6, 6.07) is 6.90. The van der Waals surface area contributed by atoms with Crippen LogP contribution in [0.3, 0.4) is 0 Å². The summed E-state index contributed by atoms with van der Waals surface area (Å²) in [6.45, 7) is 6.53. The number of sulfonamides is 1. The van der Waals surface area contributed by atoms with Crippen LogP contribution in [0.25, 0.3) is 0 Å². The number of hydrogen-bond acceptors (Lipinski definition) is 6. The average molecular weight is 394 g/mol. The topological polar surface area (TPSA) is 81.0 Å². The molecular formula is C19H26N2O5S. The Labute approximate surface area is 160 Å². The van der Waals surface area contributed by atoms with Crippen molar-refractivity contribution in [2.45, 2.75) is 24.8 Å². The SMILES string of the molecule is COc1cc(C)c(S(=O)(=O)NCC(c2ccco2)N2CCOCC2)cc1C. The highest BCUT2D eigenvalue weighted by Gasteiger charge is 2.27. The molecule has 8 heteroatoms. The Morgan fingerprint density at radius 3 is 2.59 bits per heavy atom. The van der Waals surface area contributed by atoms with Crippen LogP contribution in [0.1, 0.15) is 22.9 Å². The van der Waals surface area contributed by atoms with E-state index in [-0.39, 0.29) is 17.5 Å². The van der Waals surface area contributed by atoms with Gasteiger partial charge in [0.1, 0.15) is 11.5 Å². The van der Waals surface area contributed by atoms with E-state index in [1.165, 1.54) is 0 Å². The van der Waals surface area contributed by atoms with E-state index in [0.717, 1.165) is 24.4 Å². The van der Waals surface area contributed by atoms with Gasteiger partial charge in [0.05, 0.1) is 37.5 Å². The molecule has 0 radical (unpaired) electrons. The van der Waals surface area contributed by atoms with Crippen LogP contribution in [0.2, 0.25) is 0 Å². The van der Waals surface area contributed by atoms with E-state index in [1.54, 1.807) is 32.4 Å². The molecule has 0 aliphatic carbocycles. The number of ether oxygens (including phenoxy) is 2. The lowest BCUT2D eigenvalue weighted by Crippen LogP contribution is -2.43. The van der Waals surface area contributed by atoms with Gasteiger partial charge in [-0.1, -0.05) is 0 Å². The van der Waals surface area contributed by atoms with Crippen LogP contribution in [0.15, 0.2) is 39.8 Å². The second-order valence-electron chi connectivity index (χ2n) is 6.62. The highest BCUT2D eigenvalue weighted by Crippen LogP contribution is 2.27. The van der Waals surface area contributed by atoms with E-state index in [4.69, 9.17) is 13.9 Å². The first-order valence-electron chi connectivity index (χ1n) is 8.92. The van der Waals surface area contributed by atoms with Gasteiger partial charge in [0.25, 0.3) is 0 Å². The number of benzene rings is 1. The molecule has 7 nitrogen and oxygen atoms in total. The molecule has 1 aliphatic heterocycles. The van der Waals surface area contributed by atoms with Crippen molar-refractivity contribution in [3.05, 3.63) is 47.4 Å². The highest BCUT2D eigenvalue weighted by atomic mass is 32.2. The zero-order valence-corrected chi connectivity index (χ0v) is 16.7. The molecule has 0 bridgehead atoms. The predicted octanol–water partition coefficient (Wildman–Crippen LogP) is 2.26. The third-order valence-corrected chi connectivity index (χ3v) is 6.37. The largest absolute Gasteiger partial charge is 0.496 e. The number of hydrogen-bond donors (Lipinski definition) is 1. The van der Waals surface area contributed by atoms with Crippen molar-refractivity contribution >= 4 is 10.0 Å². The van der Waals surface area contributed by atoms with E-state index in [2.05, 4.69) is 9.62 Å². The second kappa shape index (κ2) is 8.43. The van der Waals surface area contributed by atoms with Crippen LogP contribution >= 0.6 is 0 Å². The highest BCUT2D eigenvalue weighted by molar-refractivity contribution is 7.89. The molecule has 1 aromatic carbocycles. The van der Waals surface area contributed by atoms with Gasteiger partial charge in [0, 0.05) is 19.6 Å². The zero-order chi connectivity index (χ0) is 19.4. The summed E-state index contributed by atoms with van der Waals surface area (Å²) in [5, 5.41) is 0. The fraction of sp³-hybridized carbons (Fsp3) is 0.474. The summed E-state index contributed by atoms with van der Waals surface area (Å²) in [7, 11) is -2.09. The number of furan rings is 1. The Bertz CT molecular complexity index is 858. The molecule has 27 heavy (non-hydrogen) atoms. The van der Waals surface area contributed by atoms with Gasteiger partial charge in [0.15, 0.2) is 0 Å². The lowest BCUT2D eigenvalue weighted by atomic mass is 10.1. The lowest BCUT2D eigenvalue weighted by molar-refractivity contribution is 0.0128. The maximum atomic E-state index is 12.9. The fourth-order valence-corrected chi connectivity index (χ4v) is 4.67. The first-order valence-corrected chi connectivity index (χ1v) is 10.4. The van der Waals surface area contributed by atoms with Crippen LogP contribution in [-0.2, 0) is 14.8 Å². The first kappa shape index (κ1) is 19.9. The zero-order valence-electron chi connectivity index (χ0n) is 15.9. The normalized spacial score (nSPS) is 17.0. The number of nitrogens with one attached hydrogen (secondary N) is 1. The molecule has 1 unspecified atom stereocenters. The van der Waals surface area contributed by atoms with E-state index < -0.39 is 10.0 Å². The fourth-order valence-electron chi connectivity index (χ4n) is 3.32. The first-order chi connectivity index (χ1) is 12.9. The number of aryl methyl sites for hydroxylation is 2. The summed E-state index contributed by atoms with van der Waals surface area (Å²) in [5.74, 6) is 1.41. The average Bonchev–Trinajstić information content (AvgIpc) is 3.18. The van der Waals surface area contributed by atoms with Gasteiger partial charge in [-0.3, -0.25) is 4.90 Å². The van der Waals surface area contributed by atoms with Gasteiger partial charge in [-0.25, -0.2) is 13.1 Å². The maximum absolute atomic E-state index is 12.9. The summed E-state index contributed by atoms with van der Waals surface area (Å²) in [4.78, 5) is 2.44. The molecule has 1 saturated heterocycles. The Kier molecular flexibility index (Phi) is 6.21. The number of rotatable bonds is 7. The molecule has 1 N–H and O–H groups in total. The minimum absolute atomic E-state index is 0.182. The molecule has 1 aliphatic rings. The predicted molar refractivity (Wildman–Crippen MR) is 101 cm³/mol. The Morgan fingerprint density at radius 2 is 1.96 bits per heavy atom. The number of nitrogens with zero attached hydrogens (tertiary/aromatic N) is 1. The van der Waals surface area contributed by atoms with Gasteiger partial charge in [0.2, 0.25) is 10.0 Å². The standard InChI is InChI=1S/C19H26N2O5S/c1-14-12-19(15(2)11-18(14)24-3)27(22,23)20-13-16(17-5-4-8-26-17)21-6-9-25-10-7-21/h4-5,8,11-12,16,20H,6-7,9-10,13H2,1-3H3. The minimum Gasteiger partial charge on any atom is -0.496 e. The molecule has 148 valence electrons. The molecule has 2 heterocycles. The van der Waals surface area contributed by atoms with Crippen LogP contribution < -0.4 is 9.46 Å². The van der Waals surface area contributed by atoms with Crippen molar-refractivity contribution < 1.29 is 22.3 Å². The van der Waals surface area contributed by atoms with Gasteiger partial charge >= 0.3 is 0 Å². The Hall–Kier alpha value is -1.87. The molecule has 1 fully saturated rings. The van der Waals surface area contributed by atoms with Crippen molar-refractivity contribution in [3.63, 3.8) is 0 Å². The molecule has 3 rings (SSSR count). The van der Waals surface area contributed by atoms with Crippen LogP contribution in [0.4, 0.5) is 0 Å². The Balaban J connectivity index is 1.81. The van der Waals surface area contributed by atoms with E-state index in [0.29, 0.717) is 24.5 Å². The molecular weight excluding hydrogens is 368 g/mol. The van der Waals surface area contributed by atoms with Crippen molar-refractivity contribution in [3.8, 4) is 5.75 Å². The summed E-state index contributed by atoms with van der Waals surface area (Å²) < 4.78 is 44.9. The van der Waals surface area contributed by atoms with Crippen LogP contribution in [-0.4, -0.2) is 53.3 Å². The summed E-state index contributed by atoms with van der Waals surface area (Å²) in [5.41, 5.74) is 1.42. The third-order valence-electron chi connectivity index (χ3n) is 4.81. The number of morpholine rings is 1. The minimum atomic E-state index is -3.67.